The van der Waals surface area contributed by atoms with Gasteiger partial charge in [0.05, 0.1) is 6.10 Å². The lowest BCUT2D eigenvalue weighted by Gasteiger charge is -2.12. The summed E-state index contributed by atoms with van der Waals surface area (Å²) >= 11 is 0. The molecular formula is C42H74O6. The van der Waals surface area contributed by atoms with Gasteiger partial charge in [0.15, 0.2) is 0 Å². The van der Waals surface area contributed by atoms with E-state index in [1.807, 2.05) is 6.92 Å². The molecule has 0 aromatic carbocycles. The van der Waals surface area contributed by atoms with Gasteiger partial charge < -0.3 is 19.7 Å². The Kier molecular flexibility index (Phi) is 34.5. The summed E-state index contributed by atoms with van der Waals surface area (Å²) in [6, 6.07) is 0. The molecule has 2 N–H and O–H groups in total. The molecule has 0 fully saturated rings. The van der Waals surface area contributed by atoms with E-state index in [2.05, 4.69) is 62.5 Å². The van der Waals surface area contributed by atoms with E-state index in [0.29, 0.717) is 19.3 Å². The summed E-state index contributed by atoms with van der Waals surface area (Å²) in [7, 11) is 0. The van der Waals surface area contributed by atoms with Crippen molar-refractivity contribution >= 4 is 11.9 Å². The van der Waals surface area contributed by atoms with Crippen LogP contribution in [0.5, 0.6) is 0 Å². The second-order valence-corrected chi connectivity index (χ2v) is 13.7. The third-order valence-corrected chi connectivity index (χ3v) is 8.41. The molecule has 0 aliphatic rings. The first-order valence-electron chi connectivity index (χ1n) is 19.6. The number of aliphatic hydroxyl groups is 2. The van der Waals surface area contributed by atoms with Crippen molar-refractivity contribution in [3.63, 3.8) is 0 Å². The van der Waals surface area contributed by atoms with E-state index in [4.69, 9.17) is 9.47 Å². The predicted octanol–water partition coefficient (Wildman–Crippen LogP) is 11.1. The minimum atomic E-state index is -0.994. The molecule has 0 rings (SSSR count). The number of rotatable bonds is 34. The van der Waals surface area contributed by atoms with Crippen molar-refractivity contribution in [3.8, 4) is 0 Å². The smallest absolute Gasteiger partial charge is 0.305 e. The van der Waals surface area contributed by atoms with E-state index >= 15 is 0 Å². The molecule has 6 nitrogen and oxygen atoms in total. The molecule has 0 saturated carbocycles. The van der Waals surface area contributed by atoms with Crippen LogP contribution >= 0.6 is 0 Å². The minimum absolute atomic E-state index is 0.141. The number of aliphatic hydroxyl groups excluding tert-OH is 2. The molecule has 0 aromatic rings. The van der Waals surface area contributed by atoms with Gasteiger partial charge in [-0.05, 0) is 63.7 Å². The maximum atomic E-state index is 12.0. The Labute approximate surface area is 295 Å². The predicted molar refractivity (Wildman–Crippen MR) is 202 cm³/mol. The van der Waals surface area contributed by atoms with Crippen LogP contribution in [0.4, 0.5) is 0 Å². The topological polar surface area (TPSA) is 93.1 Å². The molecule has 0 spiro atoms. The number of carbonyl (C=O) groups excluding carboxylic acids is 2. The highest BCUT2D eigenvalue weighted by atomic mass is 16.6. The molecule has 48 heavy (non-hydrogen) atoms. The summed E-state index contributed by atoms with van der Waals surface area (Å²) in [5, 5.41) is 19.5. The largest absolute Gasteiger partial charge is 0.463 e. The molecule has 6 heteroatoms. The number of esters is 2. The van der Waals surface area contributed by atoms with E-state index in [-0.39, 0.29) is 31.3 Å². The highest BCUT2D eigenvalue weighted by Crippen LogP contribution is 2.15. The van der Waals surface area contributed by atoms with E-state index in [1.165, 1.54) is 70.6 Å². The summed E-state index contributed by atoms with van der Waals surface area (Å²) in [5.74, 6) is 0.195. The normalized spacial score (nSPS) is 13.5. The van der Waals surface area contributed by atoms with Crippen LogP contribution in [0.1, 0.15) is 175 Å². The zero-order valence-electron chi connectivity index (χ0n) is 31.3. The van der Waals surface area contributed by atoms with Gasteiger partial charge in [0, 0.05) is 12.8 Å². The van der Waals surface area contributed by atoms with Crippen molar-refractivity contribution < 1.29 is 29.3 Å². The Morgan fingerprint density at radius 2 is 0.896 bits per heavy atom. The van der Waals surface area contributed by atoms with Gasteiger partial charge in [0.25, 0.3) is 0 Å². The number of allylic oxidation sites excluding steroid dienone is 8. The van der Waals surface area contributed by atoms with Crippen LogP contribution in [0.2, 0.25) is 0 Å². The van der Waals surface area contributed by atoms with Crippen LogP contribution in [0.15, 0.2) is 48.6 Å². The number of hydrogen-bond acceptors (Lipinski definition) is 6. The molecule has 0 saturated heterocycles. The Morgan fingerprint density at radius 1 is 0.500 bits per heavy atom. The first-order chi connectivity index (χ1) is 23.3. The van der Waals surface area contributed by atoms with Crippen LogP contribution < -0.4 is 0 Å². The van der Waals surface area contributed by atoms with Gasteiger partial charge in [-0.25, -0.2) is 0 Å². The van der Waals surface area contributed by atoms with Crippen LogP contribution in [-0.2, 0) is 19.1 Å². The molecule has 0 heterocycles. The lowest BCUT2D eigenvalue weighted by atomic mass is 10.0. The second-order valence-electron chi connectivity index (χ2n) is 13.7. The summed E-state index contributed by atoms with van der Waals surface area (Å²) in [5.41, 5.74) is 0. The van der Waals surface area contributed by atoms with Crippen LogP contribution in [0.25, 0.3) is 0 Å². The number of unbranched alkanes of at least 4 members (excludes halogenated alkanes) is 13. The van der Waals surface area contributed by atoms with Gasteiger partial charge in [-0.3, -0.25) is 9.59 Å². The van der Waals surface area contributed by atoms with Crippen LogP contribution in [0, 0.1) is 5.92 Å². The molecule has 0 unspecified atom stereocenters. The lowest BCUT2D eigenvalue weighted by Crippen LogP contribution is -2.25. The monoisotopic (exact) mass is 675 g/mol. The maximum absolute atomic E-state index is 12.0. The van der Waals surface area contributed by atoms with E-state index in [1.54, 1.807) is 0 Å². The molecule has 0 aromatic heterocycles. The SMILES string of the molecule is CC[C@H](O)CC/C=C\C/C=C\C/C=C\C/C=C\CCCC(=O)OC[C@H](O)COC(=O)CCCCCCCCCCCCCCCC(C)C. The summed E-state index contributed by atoms with van der Waals surface area (Å²) in [4.78, 5) is 23.9. The van der Waals surface area contributed by atoms with Crippen LogP contribution in [-0.4, -0.2) is 47.6 Å². The molecule has 0 bridgehead atoms. The highest BCUT2D eigenvalue weighted by Gasteiger charge is 2.12. The average molecular weight is 675 g/mol. The Balaban J connectivity index is 3.55. The maximum Gasteiger partial charge on any atom is 0.305 e. The zero-order valence-corrected chi connectivity index (χ0v) is 31.3. The fourth-order valence-corrected chi connectivity index (χ4v) is 5.24. The first kappa shape index (κ1) is 45.8. The van der Waals surface area contributed by atoms with E-state index < -0.39 is 6.10 Å². The summed E-state index contributed by atoms with van der Waals surface area (Å²) in [6.45, 7) is 6.32. The second kappa shape index (κ2) is 36.1. The fraction of sp³-hybridized carbons (Fsp3) is 0.762. The lowest BCUT2D eigenvalue weighted by molar-refractivity contribution is -0.152. The Hall–Kier alpha value is -2.18. The third kappa shape index (κ3) is 36.7. The number of carbonyl (C=O) groups is 2. The van der Waals surface area contributed by atoms with Gasteiger partial charge in [0.1, 0.15) is 19.3 Å². The van der Waals surface area contributed by atoms with Gasteiger partial charge >= 0.3 is 11.9 Å². The van der Waals surface area contributed by atoms with Crippen molar-refractivity contribution in [3.05, 3.63) is 48.6 Å². The molecule has 0 radical (unpaired) electrons. The summed E-state index contributed by atoms with van der Waals surface area (Å²) < 4.78 is 10.3. The van der Waals surface area contributed by atoms with Crippen molar-refractivity contribution in [1.29, 1.82) is 0 Å². The molecule has 0 aliphatic carbocycles. The quantitative estimate of drug-likeness (QED) is 0.0401. The minimum Gasteiger partial charge on any atom is -0.463 e. The first-order valence-corrected chi connectivity index (χ1v) is 19.6. The average Bonchev–Trinajstić information content (AvgIpc) is 3.07. The summed E-state index contributed by atoms with van der Waals surface area (Å²) in [6.07, 6.45) is 41.1. The van der Waals surface area contributed by atoms with Gasteiger partial charge in [-0.15, -0.1) is 0 Å². The Bertz CT molecular complexity index is 843. The fourth-order valence-electron chi connectivity index (χ4n) is 5.24. The third-order valence-electron chi connectivity index (χ3n) is 8.41. The van der Waals surface area contributed by atoms with Crippen molar-refractivity contribution in [2.45, 2.75) is 187 Å². The van der Waals surface area contributed by atoms with Gasteiger partial charge in [-0.1, -0.05) is 153 Å². The van der Waals surface area contributed by atoms with Gasteiger partial charge in [-0.2, -0.15) is 0 Å². The van der Waals surface area contributed by atoms with Crippen molar-refractivity contribution in [2.24, 2.45) is 5.92 Å². The Morgan fingerprint density at radius 3 is 1.35 bits per heavy atom. The van der Waals surface area contributed by atoms with Gasteiger partial charge in [0.2, 0.25) is 0 Å². The molecule has 2 atom stereocenters. The van der Waals surface area contributed by atoms with Crippen LogP contribution in [0.3, 0.4) is 0 Å². The number of hydrogen-bond donors (Lipinski definition) is 2. The molecule has 0 aliphatic heterocycles. The van der Waals surface area contributed by atoms with E-state index in [0.717, 1.165) is 70.1 Å². The molecular weight excluding hydrogens is 600 g/mol. The highest BCUT2D eigenvalue weighted by molar-refractivity contribution is 5.69. The van der Waals surface area contributed by atoms with Crippen molar-refractivity contribution in [2.75, 3.05) is 13.2 Å². The number of ether oxygens (including phenoxy) is 2. The standard InChI is InChI=1S/C42H74O6/c1-4-39(43)33-29-25-21-17-13-9-5-6-10-14-18-22-26-30-34-41(45)47-36-40(44)37-48-42(46)35-31-27-23-19-15-11-7-8-12-16-20-24-28-32-38(2)3/h6,9-10,13,18,21-22,25,38-40,43-44H,4-5,7-8,11-12,14-17,19-20,23-24,26-37H2,1-3H3/b10-6-,13-9-,22-18-,25-21-/t39-,40-/m0/s1. The van der Waals surface area contributed by atoms with Crippen molar-refractivity contribution in [1.82, 2.24) is 0 Å². The zero-order chi connectivity index (χ0) is 35.3. The molecule has 0 amide bonds. The van der Waals surface area contributed by atoms with E-state index in [9.17, 15) is 19.8 Å². The molecule has 278 valence electrons.